The van der Waals surface area contributed by atoms with Gasteiger partial charge in [0.05, 0.1) is 0 Å². The summed E-state index contributed by atoms with van der Waals surface area (Å²) in [4.78, 5) is 13.7. The second-order valence-electron chi connectivity index (χ2n) is 5.09. The van der Waals surface area contributed by atoms with E-state index in [0.29, 0.717) is 6.54 Å². The molecule has 0 aromatic rings. The molecule has 4 nitrogen and oxygen atoms in total. The molecule has 1 aliphatic rings. The first-order valence-corrected chi connectivity index (χ1v) is 6.92. The zero-order chi connectivity index (χ0) is 13.4. The number of nitrogens with one attached hydrogen (secondary N) is 1. The van der Waals surface area contributed by atoms with E-state index in [1.807, 2.05) is 24.0 Å². The Bertz CT molecular complexity index is 276. The summed E-state index contributed by atoms with van der Waals surface area (Å²) in [5, 5.41) is 12.4. The molecule has 0 unspecified atom stereocenters. The summed E-state index contributed by atoms with van der Waals surface area (Å²) >= 11 is 0. The van der Waals surface area contributed by atoms with Gasteiger partial charge in [-0.15, -0.1) is 0 Å². The van der Waals surface area contributed by atoms with E-state index in [-0.39, 0.29) is 18.1 Å². The maximum Gasteiger partial charge on any atom is 0.317 e. The molecule has 0 saturated carbocycles. The Morgan fingerprint density at radius 2 is 2.11 bits per heavy atom. The molecule has 0 aromatic carbocycles. The second-order valence-corrected chi connectivity index (χ2v) is 5.09. The molecule has 104 valence electrons. The quantitative estimate of drug-likeness (QED) is 0.583. The Morgan fingerprint density at radius 3 is 2.61 bits per heavy atom. The molecular weight excluding hydrogens is 228 g/mol. The molecular formula is C14H26N2O2. The summed E-state index contributed by atoms with van der Waals surface area (Å²) in [6, 6.07) is 0.0298. The van der Waals surface area contributed by atoms with Crippen molar-refractivity contribution in [2.24, 2.45) is 5.41 Å². The number of amides is 2. The van der Waals surface area contributed by atoms with Gasteiger partial charge in [0, 0.05) is 26.2 Å². The van der Waals surface area contributed by atoms with Crippen LogP contribution in [0.3, 0.4) is 0 Å². The van der Waals surface area contributed by atoms with Gasteiger partial charge in [0.2, 0.25) is 0 Å². The van der Waals surface area contributed by atoms with E-state index in [4.69, 9.17) is 0 Å². The summed E-state index contributed by atoms with van der Waals surface area (Å²) in [6.07, 6.45) is 7.71. The molecule has 0 aliphatic carbocycles. The van der Waals surface area contributed by atoms with Crippen molar-refractivity contribution in [3.63, 3.8) is 0 Å². The summed E-state index contributed by atoms with van der Waals surface area (Å²) in [5.74, 6) is 0. The van der Waals surface area contributed by atoms with Gasteiger partial charge in [-0.1, -0.05) is 19.1 Å². The van der Waals surface area contributed by atoms with Crippen LogP contribution in [-0.2, 0) is 0 Å². The van der Waals surface area contributed by atoms with Crippen LogP contribution in [0.15, 0.2) is 12.2 Å². The predicted octanol–water partition coefficient (Wildman–Crippen LogP) is 2.15. The van der Waals surface area contributed by atoms with Gasteiger partial charge >= 0.3 is 6.03 Å². The Labute approximate surface area is 110 Å². The van der Waals surface area contributed by atoms with E-state index in [9.17, 15) is 9.90 Å². The molecule has 4 heteroatoms. The van der Waals surface area contributed by atoms with Crippen molar-refractivity contribution in [3.05, 3.63) is 12.2 Å². The minimum Gasteiger partial charge on any atom is -0.396 e. The van der Waals surface area contributed by atoms with Crippen molar-refractivity contribution in [2.75, 3.05) is 26.2 Å². The summed E-state index contributed by atoms with van der Waals surface area (Å²) < 4.78 is 0. The fraction of sp³-hybridized carbons (Fsp3) is 0.786. The van der Waals surface area contributed by atoms with Crippen LogP contribution >= 0.6 is 0 Å². The van der Waals surface area contributed by atoms with Crippen molar-refractivity contribution < 1.29 is 9.90 Å². The lowest BCUT2D eigenvalue weighted by molar-refractivity contribution is 0.0520. The van der Waals surface area contributed by atoms with Crippen LogP contribution in [0.5, 0.6) is 0 Å². The molecule has 1 saturated heterocycles. The smallest absolute Gasteiger partial charge is 0.317 e. The number of hydrogen-bond donors (Lipinski definition) is 2. The number of nitrogens with zero attached hydrogens (tertiary/aromatic N) is 1. The normalized spacial score (nSPS) is 19.2. The molecule has 18 heavy (non-hydrogen) atoms. The van der Waals surface area contributed by atoms with Crippen molar-refractivity contribution in [1.82, 2.24) is 10.2 Å². The molecule has 2 N–H and O–H groups in total. The van der Waals surface area contributed by atoms with Gasteiger partial charge in [0.15, 0.2) is 0 Å². The standard InChI is InChI=1S/C14H26N2O2/c1-3-5-6-9-15-13(18)16-10-7-14(4-2,12-17)8-11-16/h3,5,17H,4,6-12H2,1-2H3,(H,15,18)/b5-3+. The zero-order valence-corrected chi connectivity index (χ0v) is 11.6. The number of allylic oxidation sites excluding steroid dienone is 1. The number of aliphatic hydroxyl groups is 1. The van der Waals surface area contributed by atoms with Crippen molar-refractivity contribution >= 4 is 6.03 Å². The number of rotatable bonds is 5. The highest BCUT2D eigenvalue weighted by Gasteiger charge is 2.33. The van der Waals surface area contributed by atoms with Gasteiger partial charge < -0.3 is 15.3 Å². The van der Waals surface area contributed by atoms with E-state index in [1.165, 1.54) is 0 Å². The number of hydrogen-bond acceptors (Lipinski definition) is 2. The number of aliphatic hydroxyl groups excluding tert-OH is 1. The van der Waals surface area contributed by atoms with Crippen LogP contribution in [-0.4, -0.2) is 42.3 Å². The highest BCUT2D eigenvalue weighted by Crippen LogP contribution is 2.34. The fourth-order valence-electron chi connectivity index (χ4n) is 2.35. The van der Waals surface area contributed by atoms with Gasteiger partial charge in [0.1, 0.15) is 0 Å². The van der Waals surface area contributed by atoms with Crippen LogP contribution in [0, 0.1) is 5.41 Å². The van der Waals surface area contributed by atoms with Crippen LogP contribution in [0.2, 0.25) is 0 Å². The van der Waals surface area contributed by atoms with Gasteiger partial charge in [-0.05, 0) is 38.0 Å². The highest BCUT2D eigenvalue weighted by atomic mass is 16.3. The van der Waals surface area contributed by atoms with E-state index >= 15 is 0 Å². The van der Waals surface area contributed by atoms with Gasteiger partial charge in [-0.3, -0.25) is 0 Å². The lowest BCUT2D eigenvalue weighted by Crippen LogP contribution is -2.48. The van der Waals surface area contributed by atoms with Crippen LogP contribution in [0.1, 0.15) is 39.5 Å². The Kier molecular flexibility index (Phi) is 6.19. The number of carbonyl (C=O) groups is 1. The molecule has 0 spiro atoms. The number of urea groups is 1. The zero-order valence-electron chi connectivity index (χ0n) is 11.6. The Hall–Kier alpha value is -1.03. The topological polar surface area (TPSA) is 52.6 Å². The summed E-state index contributed by atoms with van der Waals surface area (Å²) in [7, 11) is 0. The lowest BCUT2D eigenvalue weighted by atomic mass is 9.77. The first-order valence-electron chi connectivity index (χ1n) is 6.92. The Balaban J connectivity index is 2.31. The molecule has 0 radical (unpaired) electrons. The fourth-order valence-corrected chi connectivity index (χ4v) is 2.35. The minimum atomic E-state index is 0.0298. The maximum atomic E-state index is 11.9. The van der Waals surface area contributed by atoms with Gasteiger partial charge in [-0.2, -0.15) is 0 Å². The third-order valence-corrected chi connectivity index (χ3v) is 4.02. The van der Waals surface area contributed by atoms with Gasteiger partial charge in [0.25, 0.3) is 0 Å². The summed E-state index contributed by atoms with van der Waals surface area (Å²) in [5.41, 5.74) is 0.0434. The van der Waals surface area contributed by atoms with Crippen molar-refractivity contribution in [1.29, 1.82) is 0 Å². The molecule has 0 atom stereocenters. The molecule has 1 fully saturated rings. The molecule has 1 heterocycles. The van der Waals surface area contributed by atoms with Crippen LogP contribution in [0.4, 0.5) is 4.79 Å². The molecule has 1 aliphatic heterocycles. The predicted molar refractivity (Wildman–Crippen MR) is 73.4 cm³/mol. The average Bonchev–Trinajstić information content (AvgIpc) is 2.43. The first-order chi connectivity index (χ1) is 8.67. The molecule has 1 rings (SSSR count). The van der Waals surface area contributed by atoms with E-state index in [1.54, 1.807) is 0 Å². The van der Waals surface area contributed by atoms with E-state index < -0.39 is 0 Å². The summed E-state index contributed by atoms with van der Waals surface area (Å²) in [6.45, 7) is 6.53. The number of carbonyl (C=O) groups excluding carboxylic acids is 1. The third kappa shape index (κ3) is 4.02. The average molecular weight is 254 g/mol. The second kappa shape index (κ2) is 7.41. The maximum absolute atomic E-state index is 11.9. The first kappa shape index (κ1) is 15.0. The SMILES string of the molecule is C/C=C/CCNC(=O)N1CCC(CC)(CO)CC1. The highest BCUT2D eigenvalue weighted by molar-refractivity contribution is 5.74. The van der Waals surface area contributed by atoms with Gasteiger partial charge in [-0.25, -0.2) is 4.79 Å². The molecule has 0 bridgehead atoms. The van der Waals surface area contributed by atoms with Crippen molar-refractivity contribution in [3.8, 4) is 0 Å². The monoisotopic (exact) mass is 254 g/mol. The lowest BCUT2D eigenvalue weighted by Gasteiger charge is -2.40. The largest absolute Gasteiger partial charge is 0.396 e. The number of likely N-dealkylation sites (tertiary alicyclic amines) is 1. The minimum absolute atomic E-state index is 0.0298. The van der Waals surface area contributed by atoms with Crippen molar-refractivity contribution in [2.45, 2.75) is 39.5 Å². The molecule has 2 amide bonds. The van der Waals surface area contributed by atoms with Crippen LogP contribution < -0.4 is 5.32 Å². The Morgan fingerprint density at radius 1 is 1.44 bits per heavy atom. The van der Waals surface area contributed by atoms with E-state index in [0.717, 1.165) is 38.8 Å². The van der Waals surface area contributed by atoms with E-state index in [2.05, 4.69) is 12.2 Å². The third-order valence-electron chi connectivity index (χ3n) is 4.02. The molecule has 0 aromatic heterocycles. The van der Waals surface area contributed by atoms with Crippen LogP contribution in [0.25, 0.3) is 0 Å². The number of piperidine rings is 1.